The Balaban J connectivity index is 1.91. The van der Waals surface area contributed by atoms with Crippen LogP contribution >= 0.6 is 0 Å². The molecule has 1 unspecified atom stereocenters. The SMILES string of the molecule is CC(CNCCCNC1CC1)S(C)(=O)=O. The first-order chi connectivity index (χ1) is 7.00. The Morgan fingerprint density at radius 2 is 2.00 bits per heavy atom. The molecule has 1 saturated carbocycles. The first-order valence-corrected chi connectivity index (χ1v) is 7.58. The normalized spacial score (nSPS) is 19.1. The molecule has 0 aromatic rings. The third-order valence-electron chi connectivity index (χ3n) is 2.70. The van der Waals surface area contributed by atoms with Gasteiger partial charge < -0.3 is 10.6 Å². The lowest BCUT2D eigenvalue weighted by molar-refractivity contribution is 0.564. The molecule has 0 saturated heterocycles. The molecule has 1 atom stereocenters. The summed E-state index contributed by atoms with van der Waals surface area (Å²) in [4.78, 5) is 0. The minimum Gasteiger partial charge on any atom is -0.315 e. The Labute approximate surface area is 92.7 Å². The average Bonchev–Trinajstić information content (AvgIpc) is 2.92. The van der Waals surface area contributed by atoms with Gasteiger partial charge in [-0.05, 0) is 39.3 Å². The summed E-state index contributed by atoms with van der Waals surface area (Å²) in [5.74, 6) is 0. The summed E-state index contributed by atoms with van der Waals surface area (Å²) in [6, 6.07) is 0.764. The van der Waals surface area contributed by atoms with Crippen molar-refractivity contribution in [3.05, 3.63) is 0 Å². The molecule has 0 spiro atoms. The third kappa shape index (κ3) is 6.12. The molecule has 0 amide bonds. The van der Waals surface area contributed by atoms with Gasteiger partial charge in [0.15, 0.2) is 9.84 Å². The summed E-state index contributed by atoms with van der Waals surface area (Å²) in [6.45, 7) is 4.22. The van der Waals surface area contributed by atoms with Crippen LogP contribution in [0.15, 0.2) is 0 Å². The standard InChI is InChI=1S/C10H22N2O2S/c1-9(15(2,13)14)8-11-6-3-7-12-10-4-5-10/h9-12H,3-8H2,1-2H3. The Bertz CT molecular complexity index is 273. The zero-order valence-corrected chi connectivity index (χ0v) is 10.4. The van der Waals surface area contributed by atoms with Crippen LogP contribution in [0.2, 0.25) is 0 Å². The average molecular weight is 234 g/mol. The molecular weight excluding hydrogens is 212 g/mol. The van der Waals surface area contributed by atoms with Crippen molar-refractivity contribution in [2.24, 2.45) is 0 Å². The highest BCUT2D eigenvalue weighted by atomic mass is 32.2. The van der Waals surface area contributed by atoms with E-state index in [1.165, 1.54) is 19.1 Å². The van der Waals surface area contributed by atoms with Gasteiger partial charge in [0.2, 0.25) is 0 Å². The summed E-state index contributed by atoms with van der Waals surface area (Å²) in [6.07, 6.45) is 4.98. The number of sulfone groups is 1. The molecule has 1 fully saturated rings. The van der Waals surface area contributed by atoms with Crippen molar-refractivity contribution in [1.29, 1.82) is 0 Å². The minimum atomic E-state index is -2.88. The maximum atomic E-state index is 11.1. The molecule has 5 heteroatoms. The van der Waals surface area contributed by atoms with Gasteiger partial charge in [-0.3, -0.25) is 0 Å². The van der Waals surface area contributed by atoms with Gasteiger partial charge in [-0.25, -0.2) is 8.42 Å². The lowest BCUT2D eigenvalue weighted by atomic mass is 10.4. The van der Waals surface area contributed by atoms with E-state index in [2.05, 4.69) is 10.6 Å². The van der Waals surface area contributed by atoms with E-state index in [1.54, 1.807) is 6.92 Å². The molecular formula is C10H22N2O2S. The van der Waals surface area contributed by atoms with E-state index in [0.29, 0.717) is 6.54 Å². The number of hydrogen-bond donors (Lipinski definition) is 2. The van der Waals surface area contributed by atoms with Gasteiger partial charge in [0.1, 0.15) is 0 Å². The second-order valence-electron chi connectivity index (χ2n) is 4.43. The second-order valence-corrected chi connectivity index (χ2v) is 6.89. The van der Waals surface area contributed by atoms with Crippen LogP contribution in [-0.4, -0.2) is 45.6 Å². The van der Waals surface area contributed by atoms with Crippen LogP contribution in [0.4, 0.5) is 0 Å². The Kier molecular flexibility index (Phi) is 5.02. The molecule has 90 valence electrons. The minimum absolute atomic E-state index is 0.283. The highest BCUT2D eigenvalue weighted by Gasteiger charge is 2.19. The van der Waals surface area contributed by atoms with Crippen molar-refractivity contribution >= 4 is 9.84 Å². The highest BCUT2D eigenvalue weighted by Crippen LogP contribution is 2.18. The van der Waals surface area contributed by atoms with Gasteiger partial charge in [0.25, 0.3) is 0 Å². The van der Waals surface area contributed by atoms with Gasteiger partial charge >= 0.3 is 0 Å². The molecule has 0 aliphatic heterocycles. The third-order valence-corrected chi connectivity index (χ3v) is 4.33. The molecule has 1 aliphatic carbocycles. The van der Waals surface area contributed by atoms with Crippen LogP contribution in [-0.2, 0) is 9.84 Å². The molecule has 15 heavy (non-hydrogen) atoms. The summed E-state index contributed by atoms with van der Waals surface area (Å²) < 4.78 is 22.2. The zero-order chi connectivity index (χ0) is 11.3. The van der Waals surface area contributed by atoms with E-state index in [9.17, 15) is 8.42 Å². The van der Waals surface area contributed by atoms with Crippen LogP contribution in [0.5, 0.6) is 0 Å². The maximum absolute atomic E-state index is 11.1. The van der Waals surface area contributed by atoms with Crippen LogP contribution in [0.1, 0.15) is 26.2 Å². The molecule has 0 aromatic carbocycles. The fraction of sp³-hybridized carbons (Fsp3) is 1.00. The topological polar surface area (TPSA) is 58.2 Å². The smallest absolute Gasteiger partial charge is 0.151 e. The van der Waals surface area contributed by atoms with Gasteiger partial charge in [-0.15, -0.1) is 0 Å². The van der Waals surface area contributed by atoms with Crippen LogP contribution in [0.3, 0.4) is 0 Å². The van der Waals surface area contributed by atoms with Crippen LogP contribution in [0.25, 0.3) is 0 Å². The number of hydrogen-bond acceptors (Lipinski definition) is 4. The van der Waals surface area contributed by atoms with Crippen molar-refractivity contribution in [2.45, 2.75) is 37.5 Å². The van der Waals surface area contributed by atoms with E-state index in [4.69, 9.17) is 0 Å². The summed E-state index contributed by atoms with van der Waals surface area (Å²) in [5, 5.41) is 6.30. The van der Waals surface area contributed by atoms with Crippen LogP contribution < -0.4 is 10.6 Å². The van der Waals surface area contributed by atoms with E-state index >= 15 is 0 Å². The Hall–Kier alpha value is -0.130. The first-order valence-electron chi connectivity index (χ1n) is 5.63. The van der Waals surface area contributed by atoms with E-state index in [0.717, 1.165) is 25.6 Å². The quantitative estimate of drug-likeness (QED) is 0.587. The molecule has 0 bridgehead atoms. The lowest BCUT2D eigenvalue weighted by Crippen LogP contribution is -2.32. The van der Waals surface area contributed by atoms with E-state index in [1.807, 2.05) is 0 Å². The van der Waals surface area contributed by atoms with Crippen molar-refractivity contribution in [1.82, 2.24) is 10.6 Å². The number of rotatable bonds is 8. The highest BCUT2D eigenvalue weighted by molar-refractivity contribution is 7.91. The molecule has 0 aromatic heterocycles. The Morgan fingerprint density at radius 1 is 1.33 bits per heavy atom. The fourth-order valence-electron chi connectivity index (χ4n) is 1.26. The molecule has 1 rings (SSSR count). The second kappa shape index (κ2) is 5.82. The molecule has 0 heterocycles. The van der Waals surface area contributed by atoms with Crippen molar-refractivity contribution in [2.75, 3.05) is 25.9 Å². The van der Waals surface area contributed by atoms with Gasteiger partial charge in [0, 0.05) is 18.8 Å². The maximum Gasteiger partial charge on any atom is 0.151 e. The molecule has 1 aliphatic rings. The van der Waals surface area contributed by atoms with Gasteiger partial charge in [-0.2, -0.15) is 0 Å². The van der Waals surface area contributed by atoms with E-state index < -0.39 is 9.84 Å². The van der Waals surface area contributed by atoms with Gasteiger partial charge in [-0.1, -0.05) is 0 Å². The number of nitrogens with one attached hydrogen (secondary N) is 2. The van der Waals surface area contributed by atoms with Crippen molar-refractivity contribution in [3.63, 3.8) is 0 Å². The predicted octanol–water partition coefficient (Wildman–Crippen LogP) is 0.151. The van der Waals surface area contributed by atoms with E-state index in [-0.39, 0.29) is 5.25 Å². The van der Waals surface area contributed by atoms with Gasteiger partial charge in [0.05, 0.1) is 5.25 Å². The fourth-order valence-corrected chi connectivity index (χ4v) is 1.68. The molecule has 2 N–H and O–H groups in total. The van der Waals surface area contributed by atoms with Crippen molar-refractivity contribution < 1.29 is 8.42 Å². The summed E-state index contributed by atoms with van der Waals surface area (Å²) >= 11 is 0. The first kappa shape index (κ1) is 12.9. The summed E-state index contributed by atoms with van der Waals surface area (Å²) in [7, 11) is -2.88. The summed E-state index contributed by atoms with van der Waals surface area (Å²) in [5.41, 5.74) is 0. The van der Waals surface area contributed by atoms with Crippen LogP contribution in [0, 0.1) is 0 Å². The largest absolute Gasteiger partial charge is 0.315 e. The Morgan fingerprint density at radius 3 is 2.53 bits per heavy atom. The zero-order valence-electron chi connectivity index (χ0n) is 9.62. The lowest BCUT2D eigenvalue weighted by Gasteiger charge is -2.10. The predicted molar refractivity (Wildman–Crippen MR) is 62.8 cm³/mol. The molecule has 4 nitrogen and oxygen atoms in total. The van der Waals surface area contributed by atoms with Crippen molar-refractivity contribution in [3.8, 4) is 0 Å². The molecule has 0 radical (unpaired) electrons. The monoisotopic (exact) mass is 234 g/mol.